The maximum Gasteiger partial charge on any atom is 0.117 e. The first-order chi connectivity index (χ1) is 11.3. The predicted molar refractivity (Wildman–Crippen MR) is 90.2 cm³/mol. The van der Waals surface area contributed by atoms with Gasteiger partial charge in [-0.1, -0.05) is 6.07 Å². The Morgan fingerprint density at radius 2 is 2.09 bits per heavy atom. The fourth-order valence-electron chi connectivity index (χ4n) is 3.33. The van der Waals surface area contributed by atoms with Gasteiger partial charge < -0.3 is 0 Å². The van der Waals surface area contributed by atoms with Gasteiger partial charge in [-0.3, -0.25) is 9.78 Å². The summed E-state index contributed by atoms with van der Waals surface area (Å²) in [6, 6.07) is 11.0. The Morgan fingerprint density at radius 3 is 2.91 bits per heavy atom. The molecule has 1 saturated carbocycles. The van der Waals surface area contributed by atoms with E-state index in [1.165, 1.54) is 19.3 Å². The molecule has 5 heteroatoms. The molecule has 0 spiro atoms. The molecule has 0 bridgehead atoms. The predicted octanol–water partition coefficient (Wildman–Crippen LogP) is 4.01. The lowest BCUT2D eigenvalue weighted by Gasteiger charge is -2.27. The maximum absolute atomic E-state index is 4.85. The van der Waals surface area contributed by atoms with Gasteiger partial charge in [0.1, 0.15) is 11.0 Å². The van der Waals surface area contributed by atoms with E-state index in [1.54, 1.807) is 0 Å². The molecule has 5 rings (SSSR count). The van der Waals surface area contributed by atoms with Crippen molar-refractivity contribution >= 4 is 21.9 Å². The molecule has 1 fully saturated rings. The largest absolute Gasteiger partial charge is 0.278 e. The van der Waals surface area contributed by atoms with Crippen LogP contribution in [0.2, 0.25) is 0 Å². The van der Waals surface area contributed by atoms with E-state index < -0.39 is 0 Å². The molecule has 23 heavy (non-hydrogen) atoms. The van der Waals surface area contributed by atoms with Crippen LogP contribution in [0.1, 0.15) is 31.0 Å². The summed E-state index contributed by atoms with van der Waals surface area (Å²) in [6.07, 6.45) is 5.55. The zero-order valence-corrected chi connectivity index (χ0v) is 13.0. The third-order valence-corrected chi connectivity index (χ3v) is 4.82. The van der Waals surface area contributed by atoms with Crippen molar-refractivity contribution in [2.45, 2.75) is 32.2 Å². The second kappa shape index (κ2) is 4.65. The van der Waals surface area contributed by atoms with E-state index in [0.29, 0.717) is 6.04 Å². The molecule has 114 valence electrons. The highest BCUT2D eigenvalue weighted by atomic mass is 15.3. The smallest absolute Gasteiger partial charge is 0.117 e. The minimum atomic E-state index is 0.500. The fourth-order valence-corrected chi connectivity index (χ4v) is 3.33. The number of aryl methyl sites for hydroxylation is 1. The molecule has 0 radical (unpaired) electrons. The van der Waals surface area contributed by atoms with E-state index in [1.807, 2.05) is 19.2 Å². The first-order valence-corrected chi connectivity index (χ1v) is 8.09. The third-order valence-electron chi connectivity index (χ3n) is 4.82. The number of hydrogen-bond donors (Lipinski definition) is 1. The summed E-state index contributed by atoms with van der Waals surface area (Å²) in [4.78, 5) is 4.77. The summed E-state index contributed by atoms with van der Waals surface area (Å²) < 4.78 is 2.20. The van der Waals surface area contributed by atoms with Crippen molar-refractivity contribution in [3.8, 4) is 11.3 Å². The van der Waals surface area contributed by atoms with Gasteiger partial charge in [0, 0.05) is 16.6 Å². The van der Waals surface area contributed by atoms with E-state index in [9.17, 15) is 0 Å². The number of aromatic nitrogens is 5. The number of aromatic amines is 1. The maximum atomic E-state index is 4.85. The molecule has 0 saturated heterocycles. The molecule has 0 unspecified atom stereocenters. The van der Waals surface area contributed by atoms with Crippen LogP contribution in [0.25, 0.3) is 33.2 Å². The van der Waals surface area contributed by atoms with Crippen LogP contribution in [0.3, 0.4) is 0 Å². The number of H-pyrrole nitrogens is 1. The molecule has 1 aliphatic carbocycles. The molecule has 0 atom stereocenters. The Kier molecular flexibility index (Phi) is 2.59. The van der Waals surface area contributed by atoms with Gasteiger partial charge in [-0.05, 0) is 50.5 Å². The van der Waals surface area contributed by atoms with E-state index in [-0.39, 0.29) is 0 Å². The minimum absolute atomic E-state index is 0.500. The molecular weight excluding hydrogens is 286 g/mol. The Morgan fingerprint density at radius 1 is 1.17 bits per heavy atom. The number of nitrogens with zero attached hydrogens (tertiary/aromatic N) is 4. The first-order valence-electron chi connectivity index (χ1n) is 8.09. The van der Waals surface area contributed by atoms with Gasteiger partial charge in [0.2, 0.25) is 0 Å². The van der Waals surface area contributed by atoms with Crippen molar-refractivity contribution in [1.82, 2.24) is 25.0 Å². The van der Waals surface area contributed by atoms with Crippen LogP contribution >= 0.6 is 0 Å². The minimum Gasteiger partial charge on any atom is -0.278 e. The van der Waals surface area contributed by atoms with E-state index in [4.69, 9.17) is 10.1 Å². The van der Waals surface area contributed by atoms with Crippen LogP contribution in [-0.2, 0) is 0 Å². The Bertz CT molecular complexity index is 1020. The molecular formula is C18H17N5. The quantitative estimate of drug-likeness (QED) is 0.608. The number of nitrogens with one attached hydrogen (secondary N) is 1. The Balaban J connectivity index is 1.81. The van der Waals surface area contributed by atoms with Crippen LogP contribution in [0.5, 0.6) is 0 Å². The Hall–Kier alpha value is -2.69. The molecule has 3 aromatic heterocycles. The van der Waals surface area contributed by atoms with Crippen LogP contribution in [0.15, 0.2) is 36.5 Å². The highest BCUT2D eigenvalue weighted by molar-refractivity contribution is 5.93. The SMILES string of the molecule is Cc1ccc2nn(C3CCC3)c(-c3ccc4[nH]ncc4c3)c2n1. The van der Waals surface area contributed by atoms with Crippen LogP contribution in [-0.4, -0.2) is 25.0 Å². The first kappa shape index (κ1) is 12.8. The van der Waals surface area contributed by atoms with Crippen molar-refractivity contribution in [3.63, 3.8) is 0 Å². The molecule has 1 aromatic carbocycles. The monoisotopic (exact) mass is 303 g/mol. The Labute approximate surface area is 133 Å². The zero-order valence-electron chi connectivity index (χ0n) is 13.0. The lowest BCUT2D eigenvalue weighted by Crippen LogP contribution is -2.19. The standard InChI is InChI=1S/C18H17N5/c1-11-5-7-16-17(20-11)18(23(22-16)14-3-2-4-14)12-6-8-15-13(9-12)10-19-21-15/h5-10,14H,2-4H2,1H3,(H,19,21). The number of benzene rings is 1. The lowest BCUT2D eigenvalue weighted by molar-refractivity contribution is 0.294. The van der Waals surface area contributed by atoms with Gasteiger partial charge in [-0.25, -0.2) is 4.98 Å². The van der Waals surface area contributed by atoms with Crippen molar-refractivity contribution < 1.29 is 0 Å². The summed E-state index contributed by atoms with van der Waals surface area (Å²) in [6.45, 7) is 2.03. The number of hydrogen-bond acceptors (Lipinski definition) is 3. The summed E-state index contributed by atoms with van der Waals surface area (Å²) >= 11 is 0. The number of rotatable bonds is 2. The van der Waals surface area contributed by atoms with Gasteiger partial charge in [0.05, 0.1) is 23.4 Å². The van der Waals surface area contributed by atoms with Gasteiger partial charge in [0.25, 0.3) is 0 Å². The van der Waals surface area contributed by atoms with Crippen LogP contribution < -0.4 is 0 Å². The van der Waals surface area contributed by atoms with Gasteiger partial charge in [0.15, 0.2) is 0 Å². The molecule has 0 amide bonds. The lowest BCUT2D eigenvalue weighted by atomic mass is 9.92. The molecule has 0 aliphatic heterocycles. The van der Waals surface area contributed by atoms with Gasteiger partial charge in [-0.2, -0.15) is 10.2 Å². The van der Waals surface area contributed by atoms with Crippen molar-refractivity contribution in [3.05, 3.63) is 42.2 Å². The second-order valence-corrected chi connectivity index (χ2v) is 6.37. The summed E-state index contributed by atoms with van der Waals surface area (Å²) in [5, 5.41) is 13.1. The average molecular weight is 303 g/mol. The topological polar surface area (TPSA) is 59.4 Å². The van der Waals surface area contributed by atoms with Crippen molar-refractivity contribution in [2.24, 2.45) is 0 Å². The summed E-state index contributed by atoms with van der Waals surface area (Å²) in [5.41, 5.74) is 6.35. The highest BCUT2D eigenvalue weighted by Crippen LogP contribution is 2.38. The van der Waals surface area contributed by atoms with Gasteiger partial charge in [-0.15, -0.1) is 0 Å². The molecule has 4 aromatic rings. The third kappa shape index (κ3) is 1.89. The fraction of sp³-hybridized carbons (Fsp3) is 0.278. The zero-order chi connectivity index (χ0) is 15.4. The average Bonchev–Trinajstić information content (AvgIpc) is 3.08. The normalized spacial score (nSPS) is 15.3. The van der Waals surface area contributed by atoms with Crippen LogP contribution in [0.4, 0.5) is 0 Å². The molecule has 3 heterocycles. The van der Waals surface area contributed by atoms with Crippen molar-refractivity contribution in [2.75, 3.05) is 0 Å². The van der Waals surface area contributed by atoms with E-state index in [0.717, 1.165) is 38.9 Å². The highest BCUT2D eigenvalue weighted by Gasteiger charge is 2.26. The molecule has 1 aliphatic rings. The number of pyridine rings is 1. The molecule has 5 nitrogen and oxygen atoms in total. The second-order valence-electron chi connectivity index (χ2n) is 6.37. The van der Waals surface area contributed by atoms with Crippen molar-refractivity contribution in [1.29, 1.82) is 0 Å². The molecule has 1 N–H and O–H groups in total. The summed E-state index contributed by atoms with van der Waals surface area (Å²) in [7, 11) is 0. The van der Waals surface area contributed by atoms with E-state index in [2.05, 4.69) is 39.1 Å². The van der Waals surface area contributed by atoms with Crippen LogP contribution in [0, 0.1) is 6.92 Å². The van der Waals surface area contributed by atoms with E-state index >= 15 is 0 Å². The van der Waals surface area contributed by atoms with Gasteiger partial charge >= 0.3 is 0 Å². The number of fused-ring (bicyclic) bond motifs is 2. The summed E-state index contributed by atoms with van der Waals surface area (Å²) in [5.74, 6) is 0.